The van der Waals surface area contributed by atoms with E-state index in [9.17, 15) is 4.79 Å². The van der Waals surface area contributed by atoms with Crippen LogP contribution in [0.15, 0.2) is 0 Å². The highest BCUT2D eigenvalue weighted by atomic mass is 16.1. The van der Waals surface area contributed by atoms with Crippen LogP contribution in [0.5, 0.6) is 0 Å². The summed E-state index contributed by atoms with van der Waals surface area (Å²) in [7, 11) is 0. The number of likely N-dealkylation sites (tertiary alicyclic amines) is 1. The van der Waals surface area contributed by atoms with Crippen LogP contribution in [0.2, 0.25) is 0 Å². The van der Waals surface area contributed by atoms with E-state index in [1.54, 1.807) is 0 Å². The number of rotatable bonds is 8. The molecule has 0 radical (unpaired) electrons. The number of nitrogens with one attached hydrogen (secondary N) is 2. The van der Waals surface area contributed by atoms with Gasteiger partial charge in [-0.15, -0.1) is 0 Å². The monoisotopic (exact) mass is 269 g/mol. The molecule has 0 aromatic heterocycles. The molecule has 0 bridgehead atoms. The van der Waals surface area contributed by atoms with Gasteiger partial charge in [0, 0.05) is 18.6 Å². The number of nitrogens with zero attached hydrogens (tertiary/aromatic N) is 1. The molecule has 0 spiro atoms. The third kappa shape index (κ3) is 6.92. The zero-order valence-corrected chi connectivity index (χ0v) is 12.9. The molecule has 1 heterocycles. The topological polar surface area (TPSA) is 44.4 Å². The lowest BCUT2D eigenvalue weighted by molar-refractivity contribution is -0.121. The van der Waals surface area contributed by atoms with E-state index in [4.69, 9.17) is 0 Å². The van der Waals surface area contributed by atoms with E-state index in [2.05, 4.69) is 36.3 Å². The average molecular weight is 269 g/mol. The summed E-state index contributed by atoms with van der Waals surface area (Å²) in [6, 6.07) is 0.706. The molecule has 1 aliphatic heterocycles. The first kappa shape index (κ1) is 16.4. The normalized spacial score (nSPS) is 18.5. The van der Waals surface area contributed by atoms with Gasteiger partial charge in [-0.1, -0.05) is 20.3 Å². The van der Waals surface area contributed by atoms with E-state index in [-0.39, 0.29) is 5.91 Å². The van der Waals surface area contributed by atoms with Crippen molar-refractivity contribution in [2.75, 3.05) is 26.2 Å². The molecule has 0 saturated carbocycles. The summed E-state index contributed by atoms with van der Waals surface area (Å²) >= 11 is 0. The maximum atomic E-state index is 11.8. The number of carbonyl (C=O) groups excluding carboxylic acids is 1. The van der Waals surface area contributed by atoms with Crippen molar-refractivity contribution < 1.29 is 4.79 Å². The molecular weight excluding hydrogens is 238 g/mol. The van der Waals surface area contributed by atoms with Gasteiger partial charge in [0.05, 0.1) is 6.54 Å². The van der Waals surface area contributed by atoms with Gasteiger partial charge >= 0.3 is 0 Å². The second kappa shape index (κ2) is 9.32. The van der Waals surface area contributed by atoms with Crippen LogP contribution in [-0.2, 0) is 4.79 Å². The van der Waals surface area contributed by atoms with Crippen molar-refractivity contribution in [3.63, 3.8) is 0 Å². The fraction of sp³-hybridized carbons (Fsp3) is 0.933. The van der Waals surface area contributed by atoms with E-state index < -0.39 is 0 Å². The molecule has 1 aliphatic rings. The first-order valence-electron chi connectivity index (χ1n) is 7.90. The molecule has 4 nitrogen and oxygen atoms in total. The van der Waals surface area contributed by atoms with Gasteiger partial charge in [0.15, 0.2) is 0 Å². The highest BCUT2D eigenvalue weighted by Crippen LogP contribution is 2.08. The van der Waals surface area contributed by atoms with Crippen molar-refractivity contribution in [1.29, 1.82) is 0 Å². The third-order valence-electron chi connectivity index (χ3n) is 3.94. The molecule has 1 amide bonds. The minimum absolute atomic E-state index is 0.124. The molecule has 4 heteroatoms. The van der Waals surface area contributed by atoms with Crippen LogP contribution in [0.3, 0.4) is 0 Å². The molecule has 1 rings (SSSR count). The summed E-state index contributed by atoms with van der Waals surface area (Å²) in [6.07, 6.45) is 6.02. The fourth-order valence-corrected chi connectivity index (χ4v) is 2.63. The smallest absolute Gasteiger partial charge is 0.234 e. The lowest BCUT2D eigenvalue weighted by atomic mass is 10.1. The van der Waals surface area contributed by atoms with Gasteiger partial charge in [-0.2, -0.15) is 0 Å². The van der Waals surface area contributed by atoms with Crippen molar-refractivity contribution >= 4 is 5.91 Å². The van der Waals surface area contributed by atoms with Crippen LogP contribution in [0.4, 0.5) is 0 Å². The molecule has 19 heavy (non-hydrogen) atoms. The molecule has 1 saturated heterocycles. The van der Waals surface area contributed by atoms with Crippen molar-refractivity contribution in [3.05, 3.63) is 0 Å². The lowest BCUT2D eigenvalue weighted by Crippen LogP contribution is -2.46. The number of hydrogen-bond acceptors (Lipinski definition) is 3. The number of amides is 1. The van der Waals surface area contributed by atoms with Crippen molar-refractivity contribution in [3.8, 4) is 0 Å². The molecule has 1 unspecified atom stereocenters. The third-order valence-corrected chi connectivity index (χ3v) is 3.94. The first-order valence-corrected chi connectivity index (χ1v) is 7.90. The largest absolute Gasteiger partial charge is 0.352 e. The maximum Gasteiger partial charge on any atom is 0.234 e. The Kier molecular flexibility index (Phi) is 8.07. The predicted octanol–water partition coefficient (Wildman–Crippen LogP) is 1.76. The van der Waals surface area contributed by atoms with Gasteiger partial charge in [0.1, 0.15) is 0 Å². The Balaban J connectivity index is 2.14. The van der Waals surface area contributed by atoms with Crippen molar-refractivity contribution in [1.82, 2.24) is 15.5 Å². The highest BCUT2D eigenvalue weighted by Gasteiger charge is 2.14. The van der Waals surface area contributed by atoms with E-state index >= 15 is 0 Å². The Morgan fingerprint density at radius 3 is 2.37 bits per heavy atom. The van der Waals surface area contributed by atoms with Gasteiger partial charge in [-0.25, -0.2) is 0 Å². The molecular formula is C15H31N3O. The van der Waals surface area contributed by atoms with Crippen molar-refractivity contribution in [2.24, 2.45) is 0 Å². The van der Waals surface area contributed by atoms with Crippen LogP contribution in [0, 0.1) is 0 Å². The Hall–Kier alpha value is -0.610. The average Bonchev–Trinajstić information content (AvgIpc) is 2.43. The molecule has 0 aromatic carbocycles. The molecule has 0 aliphatic carbocycles. The second-order valence-corrected chi connectivity index (χ2v) is 5.72. The summed E-state index contributed by atoms with van der Waals surface area (Å²) in [5.74, 6) is 0.124. The van der Waals surface area contributed by atoms with E-state index in [0.717, 1.165) is 19.4 Å². The van der Waals surface area contributed by atoms with Crippen LogP contribution < -0.4 is 10.6 Å². The van der Waals surface area contributed by atoms with Crippen LogP contribution in [0.1, 0.15) is 52.9 Å². The molecule has 0 aromatic rings. The summed E-state index contributed by atoms with van der Waals surface area (Å²) in [6.45, 7) is 10.3. The molecule has 2 N–H and O–H groups in total. The highest BCUT2D eigenvalue weighted by molar-refractivity contribution is 5.78. The number of hydrogen-bond donors (Lipinski definition) is 2. The summed E-state index contributed by atoms with van der Waals surface area (Å²) in [4.78, 5) is 14.3. The second-order valence-electron chi connectivity index (χ2n) is 5.72. The summed E-state index contributed by atoms with van der Waals surface area (Å²) in [5, 5.41) is 6.39. The standard InChI is InChI=1S/C15H31N3O/c1-4-14(5-2)17-15(19)11-16-13(3)12-18-9-7-6-8-10-18/h13-14,16H,4-12H2,1-3H3,(H,17,19). The quantitative estimate of drug-likeness (QED) is 0.706. The maximum absolute atomic E-state index is 11.8. The Morgan fingerprint density at radius 1 is 1.16 bits per heavy atom. The Morgan fingerprint density at radius 2 is 1.79 bits per heavy atom. The SMILES string of the molecule is CCC(CC)NC(=O)CNC(C)CN1CCCCC1. The van der Waals surface area contributed by atoms with Crippen molar-refractivity contribution in [2.45, 2.75) is 65.0 Å². The summed E-state index contributed by atoms with van der Waals surface area (Å²) in [5.41, 5.74) is 0. The number of piperidine rings is 1. The van der Waals surface area contributed by atoms with Crippen LogP contribution in [0.25, 0.3) is 0 Å². The zero-order chi connectivity index (χ0) is 14.1. The Labute approximate surface area is 118 Å². The van der Waals surface area contributed by atoms with Gasteiger partial charge in [-0.3, -0.25) is 4.79 Å². The lowest BCUT2D eigenvalue weighted by Gasteiger charge is -2.29. The Bertz CT molecular complexity index is 248. The van der Waals surface area contributed by atoms with E-state index in [1.165, 1.54) is 32.4 Å². The minimum Gasteiger partial charge on any atom is -0.352 e. The summed E-state index contributed by atoms with van der Waals surface area (Å²) < 4.78 is 0. The van der Waals surface area contributed by atoms with E-state index in [0.29, 0.717) is 18.6 Å². The van der Waals surface area contributed by atoms with Gasteiger partial charge in [-0.05, 0) is 45.7 Å². The minimum atomic E-state index is 0.124. The predicted molar refractivity (Wildman–Crippen MR) is 80.3 cm³/mol. The zero-order valence-electron chi connectivity index (χ0n) is 12.9. The van der Waals surface area contributed by atoms with E-state index in [1.807, 2.05) is 0 Å². The van der Waals surface area contributed by atoms with Gasteiger partial charge in [0.25, 0.3) is 0 Å². The molecule has 1 atom stereocenters. The van der Waals surface area contributed by atoms with Crippen LogP contribution >= 0.6 is 0 Å². The number of carbonyl (C=O) groups is 1. The fourth-order valence-electron chi connectivity index (χ4n) is 2.63. The van der Waals surface area contributed by atoms with Gasteiger partial charge in [0.2, 0.25) is 5.91 Å². The first-order chi connectivity index (χ1) is 9.15. The molecule has 1 fully saturated rings. The molecule has 112 valence electrons. The van der Waals surface area contributed by atoms with Gasteiger partial charge < -0.3 is 15.5 Å². The van der Waals surface area contributed by atoms with Crippen LogP contribution in [-0.4, -0.2) is 49.1 Å².